The summed E-state index contributed by atoms with van der Waals surface area (Å²) in [6.45, 7) is 10.0. The largest absolute Gasteiger partial charge is 0.483 e. The van der Waals surface area contributed by atoms with Gasteiger partial charge < -0.3 is 14.2 Å². The smallest absolute Gasteiger partial charge is 0.261 e. The van der Waals surface area contributed by atoms with Crippen LogP contribution in [0.1, 0.15) is 36.4 Å². The number of aromatic nitrogens is 2. The van der Waals surface area contributed by atoms with Crippen molar-refractivity contribution < 1.29 is 14.1 Å². The second-order valence-electron chi connectivity index (χ2n) is 7.65. The first-order valence-corrected chi connectivity index (χ1v) is 10.6. The normalized spacial score (nSPS) is 11.0. The topological polar surface area (TPSA) is 68.5 Å². The first-order valence-electron chi connectivity index (χ1n) is 9.83. The van der Waals surface area contributed by atoms with Gasteiger partial charge in [-0.1, -0.05) is 50.9 Å². The SMILES string of the molecule is Cc1ccc(-c2noc(CN(C(=O)COc3cc(C)c(Br)cc3C)C(C)C)n2)cc1. The van der Waals surface area contributed by atoms with Crippen molar-refractivity contribution in [3.63, 3.8) is 0 Å². The Morgan fingerprint density at radius 1 is 1.13 bits per heavy atom. The third-order valence-corrected chi connectivity index (χ3v) is 5.69. The van der Waals surface area contributed by atoms with Crippen molar-refractivity contribution in [2.24, 2.45) is 0 Å². The minimum Gasteiger partial charge on any atom is -0.483 e. The van der Waals surface area contributed by atoms with E-state index in [0.29, 0.717) is 17.5 Å². The molecule has 0 aliphatic rings. The van der Waals surface area contributed by atoms with Crippen LogP contribution in [0.4, 0.5) is 0 Å². The number of nitrogens with zero attached hydrogens (tertiary/aromatic N) is 3. The molecule has 6 nitrogen and oxygen atoms in total. The van der Waals surface area contributed by atoms with Crippen molar-refractivity contribution >= 4 is 21.8 Å². The average Bonchev–Trinajstić information content (AvgIpc) is 3.16. The number of halogens is 1. The summed E-state index contributed by atoms with van der Waals surface area (Å²) in [6, 6.07) is 11.8. The van der Waals surface area contributed by atoms with E-state index in [2.05, 4.69) is 26.1 Å². The molecule has 0 saturated carbocycles. The number of hydrogen-bond acceptors (Lipinski definition) is 5. The molecule has 0 aliphatic carbocycles. The molecule has 0 bridgehead atoms. The Morgan fingerprint density at radius 3 is 2.50 bits per heavy atom. The van der Waals surface area contributed by atoms with E-state index in [-0.39, 0.29) is 25.1 Å². The third kappa shape index (κ3) is 5.27. The van der Waals surface area contributed by atoms with Crippen LogP contribution >= 0.6 is 15.9 Å². The minimum atomic E-state index is -0.139. The zero-order chi connectivity index (χ0) is 21.8. The van der Waals surface area contributed by atoms with Gasteiger partial charge in [0, 0.05) is 16.1 Å². The summed E-state index contributed by atoms with van der Waals surface area (Å²) < 4.78 is 12.2. The summed E-state index contributed by atoms with van der Waals surface area (Å²) in [7, 11) is 0. The average molecular weight is 472 g/mol. The Labute approximate surface area is 185 Å². The molecule has 1 amide bonds. The van der Waals surface area contributed by atoms with Crippen molar-refractivity contribution in [3.05, 3.63) is 63.5 Å². The monoisotopic (exact) mass is 471 g/mol. The van der Waals surface area contributed by atoms with Gasteiger partial charge in [0.05, 0.1) is 0 Å². The molecule has 0 aliphatic heterocycles. The molecule has 2 aromatic carbocycles. The number of aryl methyl sites for hydroxylation is 3. The summed E-state index contributed by atoms with van der Waals surface area (Å²) in [5.41, 5.74) is 4.06. The molecule has 0 spiro atoms. The Kier molecular flexibility index (Phi) is 6.92. The lowest BCUT2D eigenvalue weighted by molar-refractivity contribution is -0.136. The second-order valence-corrected chi connectivity index (χ2v) is 8.50. The Hall–Kier alpha value is -2.67. The van der Waals surface area contributed by atoms with Gasteiger partial charge in [0.1, 0.15) is 12.3 Å². The minimum absolute atomic E-state index is 0.0384. The number of hydrogen-bond donors (Lipinski definition) is 0. The molecule has 30 heavy (non-hydrogen) atoms. The predicted molar refractivity (Wildman–Crippen MR) is 119 cm³/mol. The van der Waals surface area contributed by atoms with E-state index >= 15 is 0 Å². The summed E-state index contributed by atoms with van der Waals surface area (Å²) in [4.78, 5) is 19.0. The molecule has 3 aromatic rings. The van der Waals surface area contributed by atoms with E-state index in [1.54, 1.807) is 4.90 Å². The van der Waals surface area contributed by atoms with Crippen LogP contribution in [0.3, 0.4) is 0 Å². The lowest BCUT2D eigenvalue weighted by Gasteiger charge is -2.25. The van der Waals surface area contributed by atoms with Crippen LogP contribution in [0.15, 0.2) is 45.4 Å². The summed E-state index contributed by atoms with van der Waals surface area (Å²) in [5.74, 6) is 1.47. The van der Waals surface area contributed by atoms with Gasteiger partial charge in [-0.25, -0.2) is 0 Å². The number of benzene rings is 2. The van der Waals surface area contributed by atoms with Crippen molar-refractivity contribution in [2.45, 2.75) is 47.2 Å². The highest BCUT2D eigenvalue weighted by Gasteiger charge is 2.21. The van der Waals surface area contributed by atoms with Crippen LogP contribution in [0.25, 0.3) is 11.4 Å². The van der Waals surface area contributed by atoms with Gasteiger partial charge in [-0.15, -0.1) is 0 Å². The number of rotatable bonds is 7. The van der Waals surface area contributed by atoms with E-state index in [9.17, 15) is 4.79 Å². The third-order valence-electron chi connectivity index (χ3n) is 4.83. The molecule has 3 rings (SSSR count). The maximum absolute atomic E-state index is 12.8. The fraction of sp³-hybridized carbons (Fsp3) is 0.348. The number of amides is 1. The van der Waals surface area contributed by atoms with Crippen LogP contribution in [0.2, 0.25) is 0 Å². The molecule has 0 unspecified atom stereocenters. The lowest BCUT2D eigenvalue weighted by Crippen LogP contribution is -2.39. The quantitative estimate of drug-likeness (QED) is 0.471. The van der Waals surface area contributed by atoms with Crippen LogP contribution in [-0.4, -0.2) is 33.6 Å². The highest BCUT2D eigenvalue weighted by atomic mass is 79.9. The standard InChI is InChI=1S/C23H26BrN3O3/c1-14(2)27(22(28)13-29-20-11-16(4)19(24)10-17(20)5)12-21-25-23(26-30-21)18-8-6-15(3)7-9-18/h6-11,14H,12-13H2,1-5H3. The fourth-order valence-corrected chi connectivity index (χ4v) is 3.43. The van der Waals surface area contributed by atoms with E-state index in [0.717, 1.165) is 26.7 Å². The molecule has 0 saturated heterocycles. The van der Waals surface area contributed by atoms with E-state index < -0.39 is 0 Å². The zero-order valence-corrected chi connectivity index (χ0v) is 19.5. The highest BCUT2D eigenvalue weighted by Crippen LogP contribution is 2.26. The van der Waals surface area contributed by atoms with Gasteiger partial charge in [-0.3, -0.25) is 4.79 Å². The van der Waals surface area contributed by atoms with Gasteiger partial charge in [-0.2, -0.15) is 4.98 Å². The van der Waals surface area contributed by atoms with Crippen molar-refractivity contribution in [1.29, 1.82) is 0 Å². The highest BCUT2D eigenvalue weighted by molar-refractivity contribution is 9.10. The molecule has 158 valence electrons. The number of carbonyl (C=O) groups excluding carboxylic acids is 1. The zero-order valence-electron chi connectivity index (χ0n) is 17.9. The summed E-state index contributed by atoms with van der Waals surface area (Å²) in [6.07, 6.45) is 0. The van der Waals surface area contributed by atoms with Crippen LogP contribution in [-0.2, 0) is 11.3 Å². The second kappa shape index (κ2) is 9.43. The maximum atomic E-state index is 12.8. The molecule has 1 aromatic heterocycles. The Balaban J connectivity index is 1.68. The molecule has 0 radical (unpaired) electrons. The van der Waals surface area contributed by atoms with Gasteiger partial charge in [0.2, 0.25) is 11.7 Å². The number of ether oxygens (including phenoxy) is 1. The van der Waals surface area contributed by atoms with Crippen molar-refractivity contribution in [3.8, 4) is 17.1 Å². The molecule has 0 N–H and O–H groups in total. The van der Waals surface area contributed by atoms with Crippen molar-refractivity contribution in [2.75, 3.05) is 6.61 Å². The Bertz CT molecular complexity index is 1030. The molecule has 0 atom stereocenters. The van der Waals surface area contributed by atoms with Crippen LogP contribution < -0.4 is 4.74 Å². The van der Waals surface area contributed by atoms with Gasteiger partial charge in [0.15, 0.2) is 6.61 Å². The van der Waals surface area contributed by atoms with E-state index in [1.807, 2.05) is 71.0 Å². The predicted octanol–water partition coefficient (Wildman–Crippen LogP) is 5.24. The summed E-state index contributed by atoms with van der Waals surface area (Å²) >= 11 is 3.51. The summed E-state index contributed by atoms with van der Waals surface area (Å²) in [5, 5.41) is 4.05. The molecular weight excluding hydrogens is 446 g/mol. The first kappa shape index (κ1) is 22.0. The molecule has 0 fully saturated rings. The van der Waals surface area contributed by atoms with E-state index in [1.165, 1.54) is 0 Å². The van der Waals surface area contributed by atoms with Gasteiger partial charge >= 0.3 is 0 Å². The van der Waals surface area contributed by atoms with Crippen molar-refractivity contribution in [1.82, 2.24) is 15.0 Å². The fourth-order valence-electron chi connectivity index (χ4n) is 2.98. The van der Waals surface area contributed by atoms with Gasteiger partial charge in [0.25, 0.3) is 5.91 Å². The maximum Gasteiger partial charge on any atom is 0.261 e. The molecule has 1 heterocycles. The molecule has 7 heteroatoms. The Morgan fingerprint density at radius 2 is 1.83 bits per heavy atom. The first-order chi connectivity index (χ1) is 14.2. The molecular formula is C23H26BrN3O3. The van der Waals surface area contributed by atoms with Crippen LogP contribution in [0.5, 0.6) is 5.75 Å². The lowest BCUT2D eigenvalue weighted by atomic mass is 10.1. The number of carbonyl (C=O) groups is 1. The van der Waals surface area contributed by atoms with Gasteiger partial charge in [-0.05, 0) is 57.9 Å². The van der Waals surface area contributed by atoms with E-state index in [4.69, 9.17) is 9.26 Å². The van der Waals surface area contributed by atoms with Crippen LogP contribution in [0, 0.1) is 20.8 Å².